The van der Waals surface area contributed by atoms with Crippen LogP contribution < -0.4 is 10.2 Å². The van der Waals surface area contributed by atoms with Crippen molar-refractivity contribution >= 4 is 27.2 Å². The molecule has 0 radical (unpaired) electrons. The molecule has 1 unspecified atom stereocenters. The van der Waals surface area contributed by atoms with Gasteiger partial charge in [0.2, 0.25) is 0 Å². The predicted octanol–water partition coefficient (Wildman–Crippen LogP) is 3.23. The number of carbonyl (C=O) groups is 1. The average molecular weight is 486 g/mol. The molecule has 1 atom stereocenters. The number of anilines is 2. The maximum Gasteiger partial charge on any atom is 0.416 e. The van der Waals surface area contributed by atoms with Gasteiger partial charge in [-0.1, -0.05) is 6.07 Å². The zero-order chi connectivity index (χ0) is 24.0. The van der Waals surface area contributed by atoms with E-state index in [0.717, 1.165) is 29.2 Å². The molecule has 33 heavy (non-hydrogen) atoms. The van der Waals surface area contributed by atoms with Gasteiger partial charge in [0.05, 0.1) is 40.2 Å². The average Bonchev–Trinajstić information content (AvgIpc) is 3.25. The van der Waals surface area contributed by atoms with Gasteiger partial charge in [-0.2, -0.15) is 18.3 Å². The van der Waals surface area contributed by atoms with E-state index >= 15 is 0 Å². The summed E-state index contributed by atoms with van der Waals surface area (Å²) in [7, 11) is -3.03. The van der Waals surface area contributed by atoms with Crippen LogP contribution in [0.4, 0.5) is 29.3 Å². The minimum atomic E-state index is -4.48. The molecule has 1 aromatic heterocycles. The summed E-state index contributed by atoms with van der Waals surface area (Å²) in [6, 6.07) is 3.94. The first-order valence-corrected chi connectivity index (χ1v) is 12.5. The van der Waals surface area contributed by atoms with Crippen LogP contribution in [0.15, 0.2) is 24.3 Å². The van der Waals surface area contributed by atoms with Crippen molar-refractivity contribution in [2.45, 2.75) is 32.5 Å². The fourth-order valence-corrected chi connectivity index (χ4v) is 6.24. The van der Waals surface area contributed by atoms with Gasteiger partial charge in [0.25, 0.3) is 0 Å². The second kappa shape index (κ2) is 8.54. The van der Waals surface area contributed by atoms with Crippen molar-refractivity contribution in [1.82, 2.24) is 14.7 Å². The number of benzene rings is 1. The Labute approximate surface area is 190 Å². The van der Waals surface area contributed by atoms with Crippen LogP contribution in [0.1, 0.15) is 29.4 Å². The van der Waals surface area contributed by atoms with E-state index in [9.17, 15) is 26.4 Å². The predicted molar refractivity (Wildman–Crippen MR) is 118 cm³/mol. The number of piperazine rings is 1. The number of alkyl halides is 3. The van der Waals surface area contributed by atoms with Gasteiger partial charge in [-0.05, 0) is 38.5 Å². The van der Waals surface area contributed by atoms with E-state index < -0.39 is 27.6 Å². The first-order valence-electron chi connectivity index (χ1n) is 10.7. The Morgan fingerprint density at radius 2 is 1.85 bits per heavy atom. The van der Waals surface area contributed by atoms with Crippen molar-refractivity contribution in [3.63, 3.8) is 0 Å². The van der Waals surface area contributed by atoms with Gasteiger partial charge in [-0.3, -0.25) is 4.68 Å². The highest BCUT2D eigenvalue weighted by Gasteiger charge is 2.33. The Hall–Kier alpha value is -2.76. The van der Waals surface area contributed by atoms with Gasteiger partial charge in [0, 0.05) is 31.9 Å². The molecule has 12 heteroatoms. The molecule has 2 aliphatic rings. The molecule has 0 saturated carbocycles. The van der Waals surface area contributed by atoms with Gasteiger partial charge >= 0.3 is 12.2 Å². The molecule has 2 fully saturated rings. The van der Waals surface area contributed by atoms with Crippen LogP contribution in [-0.2, 0) is 16.0 Å². The molecule has 2 aliphatic heterocycles. The smallest absolute Gasteiger partial charge is 0.365 e. The van der Waals surface area contributed by atoms with Crippen LogP contribution in [0, 0.1) is 13.8 Å². The molecule has 1 N–H and O–H groups in total. The molecule has 4 rings (SSSR count). The number of hydrogen-bond donors (Lipinski definition) is 1. The van der Waals surface area contributed by atoms with Crippen molar-refractivity contribution < 1.29 is 26.4 Å². The lowest BCUT2D eigenvalue weighted by Crippen LogP contribution is -2.50. The molecule has 1 aromatic carbocycles. The minimum absolute atomic E-state index is 0.0942. The van der Waals surface area contributed by atoms with Gasteiger partial charge in [-0.15, -0.1) is 0 Å². The fraction of sp³-hybridized carbons (Fsp3) is 0.524. The Balaban J connectivity index is 1.40. The zero-order valence-electron chi connectivity index (χ0n) is 18.4. The molecule has 2 saturated heterocycles. The Bertz CT molecular complexity index is 1150. The summed E-state index contributed by atoms with van der Waals surface area (Å²) in [5.41, 5.74) is 1.92. The maximum absolute atomic E-state index is 12.9. The number of carbonyl (C=O) groups excluding carboxylic acids is 1. The highest BCUT2D eigenvalue weighted by molar-refractivity contribution is 7.91. The van der Waals surface area contributed by atoms with Crippen LogP contribution in [0.3, 0.4) is 0 Å². The van der Waals surface area contributed by atoms with Crippen LogP contribution in [0.25, 0.3) is 0 Å². The summed E-state index contributed by atoms with van der Waals surface area (Å²) in [5, 5.41) is 7.14. The molecule has 0 aliphatic carbocycles. The second-order valence-corrected chi connectivity index (χ2v) is 10.7. The van der Waals surface area contributed by atoms with Crippen molar-refractivity contribution in [1.29, 1.82) is 0 Å². The molecular weight excluding hydrogens is 459 g/mol. The summed E-state index contributed by atoms with van der Waals surface area (Å²) in [4.78, 5) is 16.3. The van der Waals surface area contributed by atoms with E-state index in [1.54, 1.807) is 4.90 Å². The molecule has 180 valence electrons. The third kappa shape index (κ3) is 4.94. The third-order valence-corrected chi connectivity index (χ3v) is 7.92. The summed E-state index contributed by atoms with van der Waals surface area (Å²) >= 11 is 0. The number of hydrogen-bond acceptors (Lipinski definition) is 5. The highest BCUT2D eigenvalue weighted by Crippen LogP contribution is 2.32. The topological polar surface area (TPSA) is 87.5 Å². The Morgan fingerprint density at radius 1 is 1.15 bits per heavy atom. The number of sulfone groups is 1. The van der Waals surface area contributed by atoms with E-state index in [1.165, 1.54) is 12.1 Å². The standard InChI is InChI=1S/C21H26F3N5O3S/c1-14-19(15(2)29(26-14)18-6-11-33(31,32)13-18)27-7-9-28(10-8-27)20(30)25-17-5-3-4-16(12-17)21(22,23)24/h3-5,12,18H,6-11,13H2,1-2H3,(H,25,30). The molecule has 8 nitrogen and oxygen atoms in total. The van der Waals surface area contributed by atoms with Gasteiger partial charge in [0.1, 0.15) is 0 Å². The number of halogens is 3. The number of amides is 2. The molecule has 2 amide bonds. The number of nitrogens with one attached hydrogen (secondary N) is 1. The number of rotatable bonds is 3. The molecule has 0 bridgehead atoms. The largest absolute Gasteiger partial charge is 0.416 e. The van der Waals surface area contributed by atoms with Crippen LogP contribution in [-0.4, -0.2) is 66.8 Å². The first kappa shape index (κ1) is 23.4. The molecule has 0 spiro atoms. The Morgan fingerprint density at radius 3 is 2.45 bits per heavy atom. The third-order valence-electron chi connectivity index (χ3n) is 6.17. The highest BCUT2D eigenvalue weighted by atomic mass is 32.2. The van der Waals surface area contributed by atoms with E-state index in [0.29, 0.717) is 32.6 Å². The van der Waals surface area contributed by atoms with E-state index in [2.05, 4.69) is 15.3 Å². The Kier molecular flexibility index (Phi) is 6.06. The van der Waals surface area contributed by atoms with Crippen molar-refractivity contribution in [3.05, 3.63) is 41.2 Å². The van der Waals surface area contributed by atoms with Gasteiger partial charge in [-0.25, -0.2) is 13.2 Å². The number of aromatic nitrogens is 2. The molecular formula is C21H26F3N5O3S. The van der Waals surface area contributed by atoms with E-state index in [4.69, 9.17) is 0 Å². The minimum Gasteiger partial charge on any atom is -0.365 e. The van der Waals surface area contributed by atoms with Crippen LogP contribution in [0.5, 0.6) is 0 Å². The summed E-state index contributed by atoms with van der Waals surface area (Å²) < 4.78 is 64.2. The van der Waals surface area contributed by atoms with Crippen LogP contribution >= 0.6 is 0 Å². The van der Waals surface area contributed by atoms with E-state index in [-0.39, 0.29) is 23.2 Å². The number of urea groups is 1. The van der Waals surface area contributed by atoms with Gasteiger partial charge in [0.15, 0.2) is 9.84 Å². The second-order valence-electron chi connectivity index (χ2n) is 8.50. The first-order chi connectivity index (χ1) is 15.4. The molecule has 2 aromatic rings. The fourth-order valence-electron chi connectivity index (χ4n) is 4.54. The van der Waals surface area contributed by atoms with Crippen molar-refractivity contribution in [2.24, 2.45) is 0 Å². The lowest BCUT2D eigenvalue weighted by atomic mass is 10.2. The SMILES string of the molecule is Cc1nn(C2CCS(=O)(=O)C2)c(C)c1N1CCN(C(=O)Nc2cccc(C(F)(F)F)c2)CC1. The lowest BCUT2D eigenvalue weighted by Gasteiger charge is -2.36. The quantitative estimate of drug-likeness (QED) is 0.721. The van der Waals surface area contributed by atoms with Crippen molar-refractivity contribution in [3.8, 4) is 0 Å². The maximum atomic E-state index is 12.9. The normalized spacial score (nSPS) is 20.8. The number of aryl methyl sites for hydroxylation is 1. The van der Waals surface area contributed by atoms with Crippen molar-refractivity contribution in [2.75, 3.05) is 47.9 Å². The summed E-state index contributed by atoms with van der Waals surface area (Å²) in [6.07, 6.45) is -3.93. The molecule has 3 heterocycles. The number of nitrogens with zero attached hydrogens (tertiary/aromatic N) is 4. The monoisotopic (exact) mass is 485 g/mol. The van der Waals surface area contributed by atoms with Crippen LogP contribution in [0.2, 0.25) is 0 Å². The summed E-state index contributed by atoms with van der Waals surface area (Å²) in [6.45, 7) is 5.67. The lowest BCUT2D eigenvalue weighted by molar-refractivity contribution is -0.137. The zero-order valence-corrected chi connectivity index (χ0v) is 19.2. The summed E-state index contributed by atoms with van der Waals surface area (Å²) in [5.74, 6) is 0.267. The van der Waals surface area contributed by atoms with Gasteiger partial charge < -0.3 is 15.1 Å². The van der Waals surface area contributed by atoms with E-state index in [1.807, 2.05) is 18.5 Å².